The number of aryl methyl sites for hydroxylation is 1. The van der Waals surface area contributed by atoms with E-state index in [1.807, 2.05) is 32.4 Å². The lowest BCUT2D eigenvalue weighted by Gasteiger charge is -2.17. The van der Waals surface area contributed by atoms with Crippen molar-refractivity contribution in [3.63, 3.8) is 0 Å². The van der Waals surface area contributed by atoms with Gasteiger partial charge in [0.2, 0.25) is 0 Å². The minimum Gasteiger partial charge on any atom is -0.469 e. The molecule has 2 heterocycles. The molecule has 1 N–H and O–H groups in total. The molecule has 20 heavy (non-hydrogen) atoms. The summed E-state index contributed by atoms with van der Waals surface area (Å²) in [5.41, 5.74) is 2.17. The van der Waals surface area contributed by atoms with E-state index in [9.17, 15) is 0 Å². The van der Waals surface area contributed by atoms with Crippen molar-refractivity contribution < 1.29 is 4.42 Å². The van der Waals surface area contributed by atoms with Crippen molar-refractivity contribution in [3.05, 3.63) is 41.7 Å². The maximum Gasteiger partial charge on any atom is 0.147 e. The lowest BCUT2D eigenvalue weighted by molar-refractivity contribution is 0.529. The Kier molecular flexibility index (Phi) is 3.69. The van der Waals surface area contributed by atoms with Crippen LogP contribution in [0.3, 0.4) is 0 Å². The van der Waals surface area contributed by atoms with E-state index >= 15 is 0 Å². The Morgan fingerprint density at radius 1 is 1.35 bits per heavy atom. The largest absolute Gasteiger partial charge is 0.469 e. The molecule has 1 aliphatic carbocycles. The van der Waals surface area contributed by atoms with Gasteiger partial charge in [-0.15, -0.1) is 0 Å². The van der Waals surface area contributed by atoms with E-state index in [2.05, 4.69) is 20.2 Å². The lowest BCUT2D eigenvalue weighted by atomic mass is 10.2. The molecule has 0 saturated heterocycles. The molecule has 0 amide bonds. The number of aromatic nitrogens is 2. The quantitative estimate of drug-likeness (QED) is 0.874. The van der Waals surface area contributed by atoms with Crippen molar-refractivity contribution in [2.24, 2.45) is 0 Å². The highest BCUT2D eigenvalue weighted by atomic mass is 16.3. The molecular weight excluding hydrogens is 252 g/mol. The standard InChI is InChI=1S/C15H20N4O/c1-11-12(5-6-20-11)10-19(2)15-9-17-14(8-18-15)7-16-13-3-4-13/h5-6,8-9,13,16H,3-4,7,10H2,1-2H3. The molecule has 0 unspecified atom stereocenters. The SMILES string of the molecule is Cc1occc1CN(C)c1cnc(CNC2CC2)cn1. The molecule has 1 saturated carbocycles. The molecule has 0 spiro atoms. The Balaban J connectivity index is 1.59. The second-order valence-corrected chi connectivity index (χ2v) is 5.38. The van der Waals surface area contributed by atoms with Crippen LogP contribution in [0.1, 0.15) is 29.9 Å². The molecule has 5 heteroatoms. The fourth-order valence-corrected chi connectivity index (χ4v) is 2.08. The number of hydrogen-bond donors (Lipinski definition) is 1. The number of hydrogen-bond acceptors (Lipinski definition) is 5. The molecule has 2 aromatic heterocycles. The van der Waals surface area contributed by atoms with Crippen LogP contribution in [0, 0.1) is 6.92 Å². The second kappa shape index (κ2) is 5.63. The molecule has 5 nitrogen and oxygen atoms in total. The van der Waals surface area contributed by atoms with Crippen LogP contribution in [0.15, 0.2) is 29.1 Å². The van der Waals surface area contributed by atoms with Gasteiger partial charge < -0.3 is 14.6 Å². The predicted molar refractivity (Wildman–Crippen MR) is 77.4 cm³/mol. The van der Waals surface area contributed by atoms with Gasteiger partial charge in [0.05, 0.1) is 24.4 Å². The van der Waals surface area contributed by atoms with Gasteiger partial charge in [0, 0.05) is 31.7 Å². The van der Waals surface area contributed by atoms with Crippen molar-refractivity contribution in [1.82, 2.24) is 15.3 Å². The van der Waals surface area contributed by atoms with Gasteiger partial charge in [0.15, 0.2) is 0 Å². The number of anilines is 1. The number of furan rings is 1. The molecule has 0 aliphatic heterocycles. The molecule has 2 aromatic rings. The Labute approximate surface area is 119 Å². The van der Waals surface area contributed by atoms with Crippen LogP contribution in [-0.2, 0) is 13.1 Å². The Bertz CT molecular complexity index is 560. The maximum atomic E-state index is 5.31. The highest BCUT2D eigenvalue weighted by molar-refractivity contribution is 5.36. The third kappa shape index (κ3) is 3.17. The Hall–Kier alpha value is -1.88. The van der Waals surface area contributed by atoms with E-state index in [1.165, 1.54) is 18.4 Å². The van der Waals surface area contributed by atoms with E-state index in [-0.39, 0.29) is 0 Å². The zero-order valence-electron chi connectivity index (χ0n) is 12.0. The summed E-state index contributed by atoms with van der Waals surface area (Å²) in [5, 5.41) is 3.44. The van der Waals surface area contributed by atoms with E-state index in [0.29, 0.717) is 6.04 Å². The summed E-state index contributed by atoms with van der Waals surface area (Å²) in [6.45, 7) is 3.56. The van der Waals surface area contributed by atoms with Crippen molar-refractivity contribution in [2.75, 3.05) is 11.9 Å². The van der Waals surface area contributed by atoms with E-state index in [4.69, 9.17) is 4.42 Å². The van der Waals surface area contributed by atoms with Gasteiger partial charge in [0.1, 0.15) is 11.6 Å². The monoisotopic (exact) mass is 272 g/mol. The lowest BCUT2D eigenvalue weighted by Crippen LogP contribution is -2.19. The van der Waals surface area contributed by atoms with Crippen molar-refractivity contribution in [2.45, 2.75) is 38.9 Å². The Morgan fingerprint density at radius 2 is 2.20 bits per heavy atom. The predicted octanol–water partition coefficient (Wildman–Crippen LogP) is 2.27. The van der Waals surface area contributed by atoms with Gasteiger partial charge in [-0.05, 0) is 25.8 Å². The van der Waals surface area contributed by atoms with Gasteiger partial charge >= 0.3 is 0 Å². The van der Waals surface area contributed by atoms with Gasteiger partial charge in [0.25, 0.3) is 0 Å². The molecular formula is C15H20N4O. The average Bonchev–Trinajstić information content (AvgIpc) is 3.21. The van der Waals surface area contributed by atoms with Crippen LogP contribution in [-0.4, -0.2) is 23.1 Å². The Morgan fingerprint density at radius 3 is 2.80 bits per heavy atom. The summed E-state index contributed by atoms with van der Waals surface area (Å²) in [7, 11) is 2.01. The number of nitrogens with zero attached hydrogens (tertiary/aromatic N) is 3. The second-order valence-electron chi connectivity index (χ2n) is 5.38. The highest BCUT2D eigenvalue weighted by Crippen LogP contribution is 2.19. The van der Waals surface area contributed by atoms with Gasteiger partial charge in [-0.1, -0.05) is 0 Å². The minimum atomic E-state index is 0.697. The molecule has 0 bridgehead atoms. The zero-order chi connectivity index (χ0) is 13.9. The average molecular weight is 272 g/mol. The summed E-state index contributed by atoms with van der Waals surface area (Å²) < 4.78 is 5.31. The van der Waals surface area contributed by atoms with Crippen LogP contribution >= 0.6 is 0 Å². The zero-order valence-corrected chi connectivity index (χ0v) is 12.0. The number of nitrogens with one attached hydrogen (secondary N) is 1. The number of rotatable bonds is 6. The van der Waals surface area contributed by atoms with Gasteiger partial charge in [-0.2, -0.15) is 0 Å². The third-order valence-corrected chi connectivity index (χ3v) is 3.61. The van der Waals surface area contributed by atoms with Gasteiger partial charge in [-0.25, -0.2) is 4.98 Å². The van der Waals surface area contributed by atoms with E-state index in [1.54, 1.807) is 6.26 Å². The van der Waals surface area contributed by atoms with Crippen LogP contribution in [0.2, 0.25) is 0 Å². The van der Waals surface area contributed by atoms with Crippen LogP contribution < -0.4 is 10.2 Å². The topological polar surface area (TPSA) is 54.2 Å². The highest BCUT2D eigenvalue weighted by Gasteiger charge is 2.20. The fraction of sp³-hybridized carbons (Fsp3) is 0.467. The molecule has 3 rings (SSSR count). The van der Waals surface area contributed by atoms with Crippen molar-refractivity contribution in [3.8, 4) is 0 Å². The first-order chi connectivity index (χ1) is 9.72. The minimum absolute atomic E-state index is 0.697. The van der Waals surface area contributed by atoms with Crippen molar-refractivity contribution in [1.29, 1.82) is 0 Å². The van der Waals surface area contributed by atoms with Gasteiger partial charge in [-0.3, -0.25) is 4.98 Å². The first-order valence-corrected chi connectivity index (χ1v) is 7.01. The summed E-state index contributed by atoms with van der Waals surface area (Å²) in [6.07, 6.45) is 7.98. The third-order valence-electron chi connectivity index (χ3n) is 3.61. The smallest absolute Gasteiger partial charge is 0.147 e. The molecule has 0 atom stereocenters. The van der Waals surface area contributed by atoms with Crippen LogP contribution in [0.5, 0.6) is 0 Å². The first-order valence-electron chi connectivity index (χ1n) is 7.01. The molecule has 106 valence electrons. The first kappa shape index (κ1) is 13.1. The molecule has 0 radical (unpaired) electrons. The summed E-state index contributed by atoms with van der Waals surface area (Å²) in [4.78, 5) is 11.0. The fourth-order valence-electron chi connectivity index (χ4n) is 2.08. The van der Waals surface area contributed by atoms with E-state index in [0.717, 1.165) is 30.4 Å². The summed E-state index contributed by atoms with van der Waals surface area (Å²) in [5.74, 6) is 1.83. The maximum absolute atomic E-state index is 5.31. The summed E-state index contributed by atoms with van der Waals surface area (Å²) >= 11 is 0. The molecule has 1 fully saturated rings. The van der Waals surface area contributed by atoms with Crippen molar-refractivity contribution >= 4 is 5.82 Å². The molecule has 0 aromatic carbocycles. The normalized spacial score (nSPS) is 14.5. The van der Waals surface area contributed by atoms with Crippen LogP contribution in [0.25, 0.3) is 0 Å². The van der Waals surface area contributed by atoms with Crippen LogP contribution in [0.4, 0.5) is 5.82 Å². The summed E-state index contributed by atoms with van der Waals surface area (Å²) in [6, 6.07) is 2.69. The molecule has 1 aliphatic rings. The van der Waals surface area contributed by atoms with E-state index < -0.39 is 0 Å².